The van der Waals surface area contributed by atoms with Gasteiger partial charge in [0.25, 0.3) is 0 Å². The second-order valence-electron chi connectivity index (χ2n) is 4.10. The van der Waals surface area contributed by atoms with Crippen LogP contribution in [0.15, 0.2) is 12.5 Å². The zero-order chi connectivity index (χ0) is 12.7. The topological polar surface area (TPSA) is 50.2 Å². The maximum absolute atomic E-state index is 11.8. The van der Waals surface area contributed by atoms with Gasteiger partial charge < -0.3 is 14.8 Å². The molecule has 0 aliphatic carbocycles. The average Bonchev–Trinajstić information content (AvgIpc) is 2.76. The Labute approximate surface area is 103 Å². The summed E-state index contributed by atoms with van der Waals surface area (Å²) in [5.74, 6) is 0.113. The molecule has 1 N–H and O–H groups in total. The van der Waals surface area contributed by atoms with Gasteiger partial charge in [0.2, 0.25) is 5.91 Å². The first-order chi connectivity index (χ1) is 8.19. The van der Waals surface area contributed by atoms with Gasteiger partial charge in [0, 0.05) is 26.3 Å². The summed E-state index contributed by atoms with van der Waals surface area (Å²) in [6, 6.07) is 0. The molecule has 0 aliphatic rings. The van der Waals surface area contributed by atoms with Gasteiger partial charge in [-0.3, -0.25) is 4.79 Å². The van der Waals surface area contributed by atoms with Crippen molar-refractivity contribution >= 4 is 5.91 Å². The summed E-state index contributed by atoms with van der Waals surface area (Å²) >= 11 is 0. The summed E-state index contributed by atoms with van der Waals surface area (Å²) in [6.45, 7) is 6.94. The van der Waals surface area contributed by atoms with Crippen LogP contribution in [0.25, 0.3) is 0 Å². The molecule has 0 saturated heterocycles. The van der Waals surface area contributed by atoms with Gasteiger partial charge >= 0.3 is 0 Å². The molecule has 5 nitrogen and oxygen atoms in total. The highest BCUT2D eigenvalue weighted by molar-refractivity contribution is 5.75. The van der Waals surface area contributed by atoms with Gasteiger partial charge in [-0.15, -0.1) is 0 Å². The maximum Gasteiger partial charge on any atom is 0.242 e. The minimum atomic E-state index is 0.113. The van der Waals surface area contributed by atoms with Gasteiger partial charge in [-0.05, 0) is 19.9 Å². The summed E-state index contributed by atoms with van der Waals surface area (Å²) < 4.78 is 1.90. The van der Waals surface area contributed by atoms with Gasteiger partial charge in [-0.2, -0.15) is 0 Å². The molecule has 0 aliphatic heterocycles. The predicted octanol–water partition coefficient (Wildman–Crippen LogP) is 0.861. The lowest BCUT2D eigenvalue weighted by Crippen LogP contribution is -2.30. The summed E-state index contributed by atoms with van der Waals surface area (Å²) in [6.07, 6.45) is 4.62. The molecule has 0 aromatic carbocycles. The van der Waals surface area contributed by atoms with Crippen molar-refractivity contribution in [2.75, 3.05) is 20.1 Å². The fourth-order valence-electron chi connectivity index (χ4n) is 1.47. The van der Waals surface area contributed by atoms with E-state index in [9.17, 15) is 4.79 Å². The van der Waals surface area contributed by atoms with Crippen molar-refractivity contribution in [3.63, 3.8) is 0 Å². The van der Waals surface area contributed by atoms with E-state index in [0.29, 0.717) is 6.54 Å². The number of amides is 1. The Morgan fingerprint density at radius 2 is 2.29 bits per heavy atom. The van der Waals surface area contributed by atoms with Gasteiger partial charge in [0.05, 0.1) is 12.0 Å². The van der Waals surface area contributed by atoms with Crippen LogP contribution in [0, 0.1) is 0 Å². The third-order valence-electron chi connectivity index (χ3n) is 2.74. The third-order valence-corrected chi connectivity index (χ3v) is 2.74. The summed E-state index contributed by atoms with van der Waals surface area (Å²) in [5, 5.41) is 3.31. The average molecular weight is 238 g/mol. The van der Waals surface area contributed by atoms with Crippen LogP contribution >= 0.6 is 0 Å². The molecule has 0 unspecified atom stereocenters. The highest BCUT2D eigenvalue weighted by atomic mass is 16.2. The molecule has 1 aromatic heterocycles. The number of rotatable bonds is 7. The number of likely N-dealkylation sites (N-methyl/N-ethyl adjacent to an activating group) is 1. The zero-order valence-electron chi connectivity index (χ0n) is 10.9. The molecule has 0 atom stereocenters. The second kappa shape index (κ2) is 7.06. The quantitative estimate of drug-likeness (QED) is 0.717. The van der Waals surface area contributed by atoms with Crippen LogP contribution in [0.4, 0.5) is 0 Å². The van der Waals surface area contributed by atoms with Crippen molar-refractivity contribution in [2.24, 2.45) is 0 Å². The Balaban J connectivity index is 2.53. The molecule has 17 heavy (non-hydrogen) atoms. The Morgan fingerprint density at radius 1 is 1.53 bits per heavy atom. The molecule has 0 bridgehead atoms. The standard InChI is InChI=1S/C12H22N4O/c1-4-6-13-7-11-8-14-10-16(11)9-12(17)15(3)5-2/h8,10,13H,4-7,9H2,1-3H3. The van der Waals surface area contributed by atoms with E-state index in [4.69, 9.17) is 0 Å². The normalized spacial score (nSPS) is 10.5. The SMILES string of the molecule is CCCNCc1cncn1CC(=O)N(C)CC. The molecular formula is C12H22N4O. The van der Waals surface area contributed by atoms with Crippen LogP contribution in [0.3, 0.4) is 0 Å². The van der Waals surface area contributed by atoms with E-state index in [1.54, 1.807) is 11.2 Å². The van der Waals surface area contributed by atoms with Crippen LogP contribution in [0.5, 0.6) is 0 Å². The highest BCUT2D eigenvalue weighted by Gasteiger charge is 2.09. The van der Waals surface area contributed by atoms with Crippen molar-refractivity contribution in [2.45, 2.75) is 33.4 Å². The molecule has 0 fully saturated rings. The number of carbonyl (C=O) groups excluding carboxylic acids is 1. The second-order valence-corrected chi connectivity index (χ2v) is 4.10. The van der Waals surface area contributed by atoms with Crippen molar-refractivity contribution in [3.05, 3.63) is 18.2 Å². The largest absolute Gasteiger partial charge is 0.344 e. The van der Waals surface area contributed by atoms with Crippen molar-refractivity contribution < 1.29 is 4.79 Å². The lowest BCUT2D eigenvalue weighted by atomic mass is 10.4. The molecule has 1 rings (SSSR count). The van der Waals surface area contributed by atoms with Crippen molar-refractivity contribution in [3.8, 4) is 0 Å². The number of hydrogen-bond donors (Lipinski definition) is 1. The lowest BCUT2D eigenvalue weighted by Gasteiger charge is -2.16. The van der Waals surface area contributed by atoms with E-state index in [0.717, 1.165) is 31.7 Å². The Kier molecular flexibility index (Phi) is 5.69. The minimum Gasteiger partial charge on any atom is -0.344 e. The van der Waals surface area contributed by atoms with E-state index in [-0.39, 0.29) is 5.91 Å². The Bertz CT molecular complexity index is 348. The van der Waals surface area contributed by atoms with Crippen LogP contribution in [0.2, 0.25) is 0 Å². The molecule has 5 heteroatoms. The first-order valence-electron chi connectivity index (χ1n) is 6.12. The van der Waals surface area contributed by atoms with E-state index < -0.39 is 0 Å². The van der Waals surface area contributed by atoms with Gasteiger partial charge in [0.1, 0.15) is 6.54 Å². The summed E-state index contributed by atoms with van der Waals surface area (Å²) in [5.41, 5.74) is 1.05. The molecule has 1 amide bonds. The molecular weight excluding hydrogens is 216 g/mol. The molecule has 1 aromatic rings. The predicted molar refractivity (Wildman–Crippen MR) is 67.5 cm³/mol. The molecule has 0 radical (unpaired) electrons. The van der Waals surface area contributed by atoms with Crippen molar-refractivity contribution in [1.29, 1.82) is 0 Å². The number of imidazole rings is 1. The maximum atomic E-state index is 11.8. The van der Waals surface area contributed by atoms with Gasteiger partial charge in [0.15, 0.2) is 0 Å². The number of carbonyl (C=O) groups is 1. The van der Waals surface area contributed by atoms with Gasteiger partial charge in [-0.25, -0.2) is 4.98 Å². The Morgan fingerprint density at radius 3 is 2.94 bits per heavy atom. The van der Waals surface area contributed by atoms with E-state index >= 15 is 0 Å². The summed E-state index contributed by atoms with van der Waals surface area (Å²) in [7, 11) is 1.81. The van der Waals surface area contributed by atoms with Gasteiger partial charge in [-0.1, -0.05) is 6.92 Å². The van der Waals surface area contributed by atoms with E-state index in [1.165, 1.54) is 0 Å². The fraction of sp³-hybridized carbons (Fsp3) is 0.667. The molecule has 96 valence electrons. The van der Waals surface area contributed by atoms with Crippen LogP contribution in [-0.2, 0) is 17.9 Å². The highest BCUT2D eigenvalue weighted by Crippen LogP contribution is 2.00. The number of hydrogen-bond acceptors (Lipinski definition) is 3. The fourth-order valence-corrected chi connectivity index (χ4v) is 1.47. The summed E-state index contributed by atoms with van der Waals surface area (Å²) in [4.78, 5) is 17.6. The zero-order valence-corrected chi connectivity index (χ0v) is 10.9. The van der Waals surface area contributed by atoms with E-state index in [2.05, 4.69) is 17.2 Å². The number of nitrogens with one attached hydrogen (secondary N) is 1. The van der Waals surface area contributed by atoms with Crippen LogP contribution in [0.1, 0.15) is 26.0 Å². The number of nitrogens with zero attached hydrogens (tertiary/aromatic N) is 3. The first kappa shape index (κ1) is 13.7. The van der Waals surface area contributed by atoms with Crippen LogP contribution in [-0.4, -0.2) is 40.5 Å². The van der Waals surface area contributed by atoms with Crippen LogP contribution < -0.4 is 5.32 Å². The third kappa shape index (κ3) is 4.19. The minimum absolute atomic E-state index is 0.113. The molecule has 1 heterocycles. The Hall–Kier alpha value is -1.36. The van der Waals surface area contributed by atoms with E-state index in [1.807, 2.05) is 24.7 Å². The first-order valence-corrected chi connectivity index (χ1v) is 6.12. The lowest BCUT2D eigenvalue weighted by molar-refractivity contribution is -0.130. The smallest absolute Gasteiger partial charge is 0.242 e. The number of aromatic nitrogens is 2. The van der Waals surface area contributed by atoms with Crippen molar-refractivity contribution in [1.82, 2.24) is 19.8 Å². The molecule has 0 spiro atoms. The molecule has 0 saturated carbocycles. The monoisotopic (exact) mass is 238 g/mol.